The lowest BCUT2D eigenvalue weighted by molar-refractivity contribution is -0.120. The van der Waals surface area contributed by atoms with E-state index in [1.807, 2.05) is 11.0 Å². The quantitative estimate of drug-likeness (QED) is 0.161. The number of aromatic nitrogens is 2. The average Bonchev–Trinajstić information content (AvgIpc) is 3.73. The Bertz CT molecular complexity index is 2130. The maximum atomic E-state index is 17.2. The van der Waals surface area contributed by atoms with Gasteiger partial charge in [0.1, 0.15) is 47.6 Å². The summed E-state index contributed by atoms with van der Waals surface area (Å²) in [6.07, 6.45) is -2.25. The van der Waals surface area contributed by atoms with Crippen molar-refractivity contribution >= 4 is 60.7 Å². The number of nitriles is 1. The molecule has 0 unspecified atom stereocenters. The van der Waals surface area contributed by atoms with E-state index in [-0.39, 0.29) is 98.4 Å². The van der Waals surface area contributed by atoms with Crippen LogP contribution >= 0.6 is 22.9 Å². The summed E-state index contributed by atoms with van der Waals surface area (Å²) in [5.74, 6) is -2.36. The second-order valence-electron chi connectivity index (χ2n) is 13.2. The summed E-state index contributed by atoms with van der Waals surface area (Å²) in [7, 11) is 0. The number of nitrogens with two attached hydrogens (primary N) is 1. The molecule has 1 amide bonds. The number of rotatable bonds is 9. The molecule has 3 fully saturated rings. The maximum Gasteiger partial charge on any atom is 0.319 e. The Kier molecular flexibility index (Phi) is 8.48. The predicted octanol–water partition coefficient (Wildman–Crippen LogP) is 4.77. The van der Waals surface area contributed by atoms with Crippen LogP contribution in [0.25, 0.3) is 32.1 Å². The first-order chi connectivity index (χ1) is 24.5. The molecule has 0 bridgehead atoms. The van der Waals surface area contributed by atoms with Crippen molar-refractivity contribution in [2.24, 2.45) is 0 Å². The molecular weight excluding hydrogens is 719 g/mol. The fraction of sp³-hybridized carbons (Fsp3) is 0.455. The van der Waals surface area contributed by atoms with Crippen molar-refractivity contribution in [1.82, 2.24) is 25.5 Å². The third-order valence-corrected chi connectivity index (χ3v) is 11.5. The normalized spacial score (nSPS) is 24.1. The molecule has 18 heteroatoms. The summed E-state index contributed by atoms with van der Waals surface area (Å²) in [5, 5.41) is 15.2. The van der Waals surface area contributed by atoms with Crippen LogP contribution < -0.4 is 30.7 Å². The minimum Gasteiger partial charge on any atom is -0.489 e. The number of fused-ring (bicyclic) bond motifs is 2. The molecule has 0 saturated carbocycles. The molecule has 51 heavy (non-hydrogen) atoms. The largest absolute Gasteiger partial charge is 0.489 e. The Balaban J connectivity index is 1.32. The topological polar surface area (TPSA) is 152 Å². The van der Waals surface area contributed by atoms with Gasteiger partial charge in [-0.2, -0.15) is 15.2 Å². The van der Waals surface area contributed by atoms with Crippen LogP contribution in [0.4, 0.5) is 32.8 Å². The Morgan fingerprint density at radius 1 is 1.31 bits per heavy atom. The van der Waals surface area contributed by atoms with Crippen LogP contribution in [0.5, 0.6) is 11.8 Å². The van der Waals surface area contributed by atoms with Gasteiger partial charge < -0.3 is 30.7 Å². The second-order valence-corrected chi connectivity index (χ2v) is 14.6. The number of alkyl halides is 3. The van der Waals surface area contributed by atoms with E-state index in [0.29, 0.717) is 19.5 Å². The molecule has 11 nitrogen and oxygen atoms in total. The molecule has 2 aromatic carbocycles. The summed E-state index contributed by atoms with van der Waals surface area (Å²) >= 11 is 7.77. The molecule has 4 atom stereocenters. The van der Waals surface area contributed by atoms with Gasteiger partial charge in [0.15, 0.2) is 11.6 Å². The Labute approximate surface area is 296 Å². The number of hydrogen-bond acceptors (Lipinski definition) is 11. The highest BCUT2D eigenvalue weighted by Gasteiger charge is 2.49. The van der Waals surface area contributed by atoms with Crippen LogP contribution in [0, 0.1) is 23.0 Å². The molecule has 6 heterocycles. The first-order valence-electron chi connectivity index (χ1n) is 16.3. The number of halogens is 6. The number of amides is 1. The van der Waals surface area contributed by atoms with E-state index in [0.717, 1.165) is 23.8 Å². The van der Waals surface area contributed by atoms with Crippen molar-refractivity contribution in [3.8, 4) is 29.0 Å². The van der Waals surface area contributed by atoms with Crippen molar-refractivity contribution in [3.63, 3.8) is 0 Å². The molecule has 2 aromatic heterocycles. The fourth-order valence-electron chi connectivity index (χ4n) is 7.62. The van der Waals surface area contributed by atoms with Crippen LogP contribution in [0.2, 0.25) is 5.02 Å². The molecule has 4 aliphatic rings. The number of ether oxygens (including phenoxy) is 2. The Morgan fingerprint density at radius 3 is 2.86 bits per heavy atom. The number of thiophene rings is 1. The number of nitrogens with zero attached hydrogens (tertiary/aromatic N) is 5. The lowest BCUT2D eigenvalue weighted by atomic mass is 9.95. The van der Waals surface area contributed by atoms with E-state index in [4.69, 9.17) is 26.8 Å². The number of hydrogen-bond donors (Lipinski definition) is 3. The third-order valence-electron chi connectivity index (χ3n) is 10.1. The molecule has 268 valence electrons. The lowest BCUT2D eigenvalue weighted by Gasteiger charge is -2.32. The number of nitrogens with one attached hydrogen (secondary N) is 2. The summed E-state index contributed by atoms with van der Waals surface area (Å²) in [5.41, 5.74) is 4.68. The molecular formula is C33H30ClF5N8O3S. The smallest absolute Gasteiger partial charge is 0.319 e. The van der Waals surface area contributed by atoms with E-state index in [2.05, 4.69) is 20.6 Å². The van der Waals surface area contributed by atoms with Crippen LogP contribution in [0.3, 0.4) is 0 Å². The van der Waals surface area contributed by atoms with Crippen molar-refractivity contribution in [2.45, 2.75) is 49.5 Å². The average molecular weight is 749 g/mol. The number of anilines is 2. The van der Waals surface area contributed by atoms with Gasteiger partial charge in [0, 0.05) is 37.0 Å². The second kappa shape index (κ2) is 12.8. The Morgan fingerprint density at radius 2 is 2.12 bits per heavy atom. The molecule has 0 aliphatic carbocycles. The van der Waals surface area contributed by atoms with E-state index < -0.39 is 53.9 Å². The zero-order valence-electron chi connectivity index (χ0n) is 26.7. The third kappa shape index (κ3) is 5.72. The number of benzene rings is 2. The molecule has 0 radical (unpaired) electrons. The minimum absolute atomic E-state index is 0.00321. The number of nitrogen functional groups attached to an aromatic ring is 1. The monoisotopic (exact) mass is 748 g/mol. The highest BCUT2D eigenvalue weighted by atomic mass is 35.5. The zero-order chi connectivity index (χ0) is 35.8. The van der Waals surface area contributed by atoms with Crippen molar-refractivity contribution in [1.29, 1.82) is 5.26 Å². The van der Waals surface area contributed by atoms with E-state index in [9.17, 15) is 23.2 Å². The molecule has 3 saturated heterocycles. The van der Waals surface area contributed by atoms with Gasteiger partial charge in [-0.1, -0.05) is 17.7 Å². The molecule has 4 aromatic rings. The van der Waals surface area contributed by atoms with E-state index in [1.165, 1.54) is 11.0 Å². The SMILES string of the molecule is N#Cc1c(N)sc2c(F)ccc(-c3c(Cl)c4c5c(nc(OC[C@@]67CCCN6C[C@H](F)C7)nc5c3F)N(CC(F)F)[C@@H](CNC(=O)[C@H]3CN3)CO4)c12. The van der Waals surface area contributed by atoms with Crippen molar-refractivity contribution < 1.29 is 36.2 Å². The molecule has 4 aliphatic heterocycles. The standard InChI is InChI=1S/C33H30ClF5N8O3S/c34-24-22(16-2-3-18(36)28-21(16)17(7-40)29(41)51-28)25(39)26-23-27(24)49-12-15(8-43-31(48)19-9-42-19)47(11-20(37)38)30(23)45-32(44-26)50-13-33-4-1-5-46(33)10-14(35)6-33/h2-3,14-15,19-20,42H,1,4-6,8-13,41H2,(H,43,48)/t14-,15+,19-,33+/m1/s1. The first-order valence-corrected chi connectivity index (χ1v) is 17.5. The van der Waals surface area contributed by atoms with Crippen LogP contribution in [0.15, 0.2) is 12.1 Å². The van der Waals surface area contributed by atoms with Crippen molar-refractivity contribution in [3.05, 3.63) is 34.4 Å². The van der Waals surface area contributed by atoms with Gasteiger partial charge in [-0.3, -0.25) is 9.69 Å². The number of carbonyl (C=O) groups excluding carboxylic acids is 1. The molecule has 4 N–H and O–H groups in total. The van der Waals surface area contributed by atoms with Gasteiger partial charge in [-0.05, 0) is 31.0 Å². The summed E-state index contributed by atoms with van der Waals surface area (Å²) in [4.78, 5) is 24.7. The highest BCUT2D eigenvalue weighted by Crippen LogP contribution is 2.51. The first kappa shape index (κ1) is 33.9. The van der Waals surface area contributed by atoms with E-state index >= 15 is 8.78 Å². The van der Waals surface area contributed by atoms with Gasteiger partial charge in [0.2, 0.25) is 5.91 Å². The summed E-state index contributed by atoms with van der Waals surface area (Å²) in [6.45, 7) is 0.0662. The van der Waals surface area contributed by atoms with Crippen LogP contribution in [-0.2, 0) is 4.79 Å². The van der Waals surface area contributed by atoms with Crippen LogP contribution in [0.1, 0.15) is 24.8 Å². The Hall–Kier alpha value is -4.24. The lowest BCUT2D eigenvalue weighted by Crippen LogP contribution is -2.49. The van der Waals surface area contributed by atoms with Gasteiger partial charge >= 0.3 is 6.01 Å². The molecule has 8 rings (SSSR count). The van der Waals surface area contributed by atoms with Crippen LogP contribution in [-0.4, -0.2) is 96.9 Å². The summed E-state index contributed by atoms with van der Waals surface area (Å²) in [6, 6.07) is 2.62. The highest BCUT2D eigenvalue weighted by molar-refractivity contribution is 7.23. The van der Waals surface area contributed by atoms with Gasteiger partial charge in [-0.25, -0.2) is 22.0 Å². The van der Waals surface area contributed by atoms with Crippen molar-refractivity contribution in [2.75, 3.05) is 56.6 Å². The van der Waals surface area contributed by atoms with Gasteiger partial charge in [0.25, 0.3) is 6.43 Å². The molecule has 0 spiro atoms. The fourth-order valence-corrected chi connectivity index (χ4v) is 8.90. The van der Waals surface area contributed by atoms with Gasteiger partial charge in [-0.15, -0.1) is 11.3 Å². The van der Waals surface area contributed by atoms with Gasteiger partial charge in [0.05, 0.1) is 44.8 Å². The van der Waals surface area contributed by atoms with E-state index in [1.54, 1.807) is 0 Å². The number of carbonyl (C=O) groups is 1. The predicted molar refractivity (Wildman–Crippen MR) is 180 cm³/mol. The summed E-state index contributed by atoms with van der Waals surface area (Å²) < 4.78 is 87.6. The maximum absolute atomic E-state index is 17.2. The minimum atomic E-state index is -2.89. The zero-order valence-corrected chi connectivity index (χ0v) is 28.3.